The predicted octanol–water partition coefficient (Wildman–Crippen LogP) is 4.13. The van der Waals surface area contributed by atoms with E-state index < -0.39 is 0 Å². The van der Waals surface area contributed by atoms with Gasteiger partial charge in [0, 0.05) is 6.04 Å². The molecule has 1 aromatic carbocycles. The molecule has 1 aromatic rings. The Morgan fingerprint density at radius 3 is 2.05 bits per heavy atom. The van der Waals surface area contributed by atoms with Crippen LogP contribution in [0.4, 0.5) is 0 Å². The van der Waals surface area contributed by atoms with E-state index in [0.717, 1.165) is 0 Å². The molecule has 21 heavy (non-hydrogen) atoms. The van der Waals surface area contributed by atoms with Gasteiger partial charge in [0.1, 0.15) is 0 Å². The van der Waals surface area contributed by atoms with E-state index in [9.17, 15) is 5.11 Å². The number of aliphatic hydroxyl groups is 1. The van der Waals surface area contributed by atoms with Crippen LogP contribution < -0.4 is 5.32 Å². The minimum atomic E-state index is -0.336. The summed E-state index contributed by atoms with van der Waals surface area (Å²) in [6.07, 6.45) is 7.81. The van der Waals surface area contributed by atoms with Crippen molar-refractivity contribution >= 4 is 0 Å². The second-order valence-electron chi connectivity index (χ2n) is 7.10. The molecule has 0 saturated heterocycles. The fourth-order valence-corrected chi connectivity index (χ4v) is 4.12. The SMILES string of the molecule is Cc1cc(C)c(C(C)(CO)NC2CCCCCC2)c(C)c1. The summed E-state index contributed by atoms with van der Waals surface area (Å²) < 4.78 is 0. The lowest BCUT2D eigenvalue weighted by molar-refractivity contribution is 0.155. The zero-order valence-electron chi connectivity index (χ0n) is 14.1. The highest BCUT2D eigenvalue weighted by Crippen LogP contribution is 2.30. The molecular weight excluding hydrogens is 258 g/mol. The molecule has 2 rings (SSSR count). The zero-order chi connectivity index (χ0) is 15.5. The highest BCUT2D eigenvalue weighted by molar-refractivity contribution is 5.42. The van der Waals surface area contributed by atoms with Gasteiger partial charge < -0.3 is 10.4 Å². The van der Waals surface area contributed by atoms with Crippen molar-refractivity contribution in [1.29, 1.82) is 0 Å². The van der Waals surface area contributed by atoms with Gasteiger partial charge in [-0.25, -0.2) is 0 Å². The summed E-state index contributed by atoms with van der Waals surface area (Å²) in [4.78, 5) is 0. The Balaban J connectivity index is 2.28. The van der Waals surface area contributed by atoms with Gasteiger partial charge in [0.05, 0.1) is 12.1 Å². The molecule has 2 nitrogen and oxygen atoms in total. The molecular formula is C19H31NO. The molecule has 0 radical (unpaired) electrons. The Bertz CT molecular complexity index is 451. The summed E-state index contributed by atoms with van der Waals surface area (Å²) in [5.74, 6) is 0. The van der Waals surface area contributed by atoms with Crippen LogP contribution in [0.1, 0.15) is 67.7 Å². The van der Waals surface area contributed by atoms with Crippen LogP contribution in [0.2, 0.25) is 0 Å². The van der Waals surface area contributed by atoms with Crippen LogP contribution in [-0.2, 0) is 5.54 Å². The number of rotatable bonds is 4. The van der Waals surface area contributed by atoms with Gasteiger partial charge in [0.2, 0.25) is 0 Å². The van der Waals surface area contributed by atoms with Crippen molar-refractivity contribution in [3.8, 4) is 0 Å². The third kappa shape index (κ3) is 3.87. The molecule has 118 valence electrons. The van der Waals surface area contributed by atoms with Gasteiger partial charge in [-0.3, -0.25) is 0 Å². The van der Waals surface area contributed by atoms with E-state index in [1.54, 1.807) is 0 Å². The number of aryl methyl sites for hydroxylation is 3. The minimum Gasteiger partial charge on any atom is -0.394 e. The smallest absolute Gasteiger partial charge is 0.0652 e. The molecule has 1 aliphatic carbocycles. The van der Waals surface area contributed by atoms with Gasteiger partial charge in [0.25, 0.3) is 0 Å². The molecule has 0 heterocycles. The number of hydrogen-bond acceptors (Lipinski definition) is 2. The second-order valence-corrected chi connectivity index (χ2v) is 7.10. The monoisotopic (exact) mass is 289 g/mol. The summed E-state index contributed by atoms with van der Waals surface area (Å²) >= 11 is 0. The molecule has 0 aromatic heterocycles. The summed E-state index contributed by atoms with van der Waals surface area (Å²) in [5, 5.41) is 13.9. The van der Waals surface area contributed by atoms with Gasteiger partial charge in [-0.15, -0.1) is 0 Å². The van der Waals surface area contributed by atoms with E-state index in [1.165, 1.54) is 60.8 Å². The molecule has 1 atom stereocenters. The van der Waals surface area contributed by atoms with Crippen molar-refractivity contribution in [2.45, 2.75) is 77.8 Å². The van der Waals surface area contributed by atoms with Gasteiger partial charge in [-0.2, -0.15) is 0 Å². The molecule has 2 N–H and O–H groups in total. The van der Waals surface area contributed by atoms with Crippen LogP contribution in [-0.4, -0.2) is 17.8 Å². The third-order valence-corrected chi connectivity index (χ3v) is 4.92. The molecule has 0 aliphatic heterocycles. The highest BCUT2D eigenvalue weighted by atomic mass is 16.3. The van der Waals surface area contributed by atoms with Gasteiger partial charge in [0.15, 0.2) is 0 Å². The Labute approximate surface area is 130 Å². The summed E-state index contributed by atoms with van der Waals surface area (Å²) in [5.41, 5.74) is 4.80. The van der Waals surface area contributed by atoms with Crippen molar-refractivity contribution in [3.63, 3.8) is 0 Å². The Morgan fingerprint density at radius 1 is 1.05 bits per heavy atom. The number of hydrogen-bond donors (Lipinski definition) is 2. The molecule has 1 aliphatic rings. The van der Waals surface area contributed by atoms with E-state index in [-0.39, 0.29) is 12.1 Å². The Kier molecular flexibility index (Phi) is 5.45. The van der Waals surface area contributed by atoms with Crippen molar-refractivity contribution in [3.05, 3.63) is 34.4 Å². The number of benzene rings is 1. The highest BCUT2D eigenvalue weighted by Gasteiger charge is 2.31. The van der Waals surface area contributed by atoms with Crippen molar-refractivity contribution in [2.24, 2.45) is 0 Å². The minimum absolute atomic E-state index is 0.147. The first kappa shape index (κ1) is 16.5. The van der Waals surface area contributed by atoms with Crippen LogP contribution in [0.15, 0.2) is 12.1 Å². The molecule has 1 fully saturated rings. The van der Waals surface area contributed by atoms with Crippen LogP contribution >= 0.6 is 0 Å². The van der Waals surface area contributed by atoms with E-state index in [2.05, 4.69) is 45.1 Å². The van der Waals surface area contributed by atoms with Gasteiger partial charge in [-0.1, -0.05) is 43.4 Å². The molecule has 1 unspecified atom stereocenters. The first-order valence-corrected chi connectivity index (χ1v) is 8.43. The fraction of sp³-hybridized carbons (Fsp3) is 0.684. The summed E-state index contributed by atoms with van der Waals surface area (Å²) in [7, 11) is 0. The molecule has 0 spiro atoms. The van der Waals surface area contributed by atoms with Crippen molar-refractivity contribution in [2.75, 3.05) is 6.61 Å². The summed E-state index contributed by atoms with van der Waals surface area (Å²) in [6, 6.07) is 4.99. The van der Waals surface area contributed by atoms with E-state index in [4.69, 9.17) is 0 Å². The van der Waals surface area contributed by atoms with Crippen LogP contribution in [0.5, 0.6) is 0 Å². The molecule has 0 amide bonds. The Hall–Kier alpha value is -0.860. The summed E-state index contributed by atoms with van der Waals surface area (Å²) in [6.45, 7) is 8.77. The van der Waals surface area contributed by atoms with E-state index in [1.807, 2.05) is 0 Å². The first-order valence-electron chi connectivity index (χ1n) is 8.43. The van der Waals surface area contributed by atoms with Crippen molar-refractivity contribution < 1.29 is 5.11 Å². The largest absolute Gasteiger partial charge is 0.394 e. The predicted molar refractivity (Wildman–Crippen MR) is 89.7 cm³/mol. The average molecular weight is 289 g/mol. The lowest BCUT2D eigenvalue weighted by atomic mass is 9.83. The first-order chi connectivity index (χ1) is 9.96. The van der Waals surface area contributed by atoms with Crippen molar-refractivity contribution in [1.82, 2.24) is 5.32 Å². The standard InChI is InChI=1S/C19H31NO/c1-14-11-15(2)18(16(3)12-14)19(4,13-21)20-17-9-7-5-6-8-10-17/h11-12,17,20-21H,5-10,13H2,1-4H3. The molecule has 1 saturated carbocycles. The third-order valence-electron chi connectivity index (χ3n) is 4.92. The van der Waals surface area contributed by atoms with Crippen LogP contribution in [0, 0.1) is 20.8 Å². The zero-order valence-corrected chi connectivity index (χ0v) is 14.1. The van der Waals surface area contributed by atoms with Crippen LogP contribution in [0.25, 0.3) is 0 Å². The maximum atomic E-state index is 10.1. The number of nitrogens with one attached hydrogen (secondary N) is 1. The fourth-order valence-electron chi connectivity index (χ4n) is 4.12. The van der Waals surface area contributed by atoms with E-state index >= 15 is 0 Å². The van der Waals surface area contributed by atoms with Gasteiger partial charge in [-0.05, 0) is 57.2 Å². The van der Waals surface area contributed by atoms with E-state index in [0.29, 0.717) is 6.04 Å². The molecule has 2 heteroatoms. The number of aliphatic hydroxyl groups excluding tert-OH is 1. The topological polar surface area (TPSA) is 32.3 Å². The van der Waals surface area contributed by atoms with Crippen LogP contribution in [0.3, 0.4) is 0 Å². The molecule has 0 bridgehead atoms. The van der Waals surface area contributed by atoms with Gasteiger partial charge >= 0.3 is 0 Å². The lowest BCUT2D eigenvalue weighted by Crippen LogP contribution is -2.49. The average Bonchev–Trinajstić information content (AvgIpc) is 2.66. The second kappa shape index (κ2) is 6.93. The quantitative estimate of drug-likeness (QED) is 0.817. The normalized spacial score (nSPS) is 20.0. The maximum absolute atomic E-state index is 10.1. The lowest BCUT2D eigenvalue weighted by Gasteiger charge is -2.36. The maximum Gasteiger partial charge on any atom is 0.0652 e. The Morgan fingerprint density at radius 2 is 1.57 bits per heavy atom.